The van der Waals surface area contributed by atoms with Gasteiger partial charge in [0.05, 0.1) is 0 Å². The van der Waals surface area contributed by atoms with E-state index < -0.39 is 0 Å². The van der Waals surface area contributed by atoms with E-state index in [9.17, 15) is 4.79 Å². The number of carbonyl (C=O) groups is 1. The monoisotopic (exact) mass is 298 g/mol. The Kier molecular flexibility index (Phi) is 4.02. The van der Waals surface area contributed by atoms with E-state index in [1.165, 1.54) is 0 Å². The van der Waals surface area contributed by atoms with Gasteiger partial charge in [0.15, 0.2) is 4.67 Å². The average Bonchev–Trinajstić information content (AvgIpc) is 2.73. The Balaban J connectivity index is 1.90. The van der Waals surface area contributed by atoms with E-state index in [0.29, 0.717) is 10.4 Å². The number of hydrogen-bond donors (Lipinski definition) is 0. The number of rotatable bonds is 2. The van der Waals surface area contributed by atoms with Crippen LogP contribution < -0.4 is 0 Å². The van der Waals surface area contributed by atoms with Crippen LogP contribution in [0.25, 0.3) is 6.08 Å². The van der Waals surface area contributed by atoms with Gasteiger partial charge in [0.1, 0.15) is 5.76 Å². The van der Waals surface area contributed by atoms with E-state index in [0.717, 1.165) is 26.2 Å². The van der Waals surface area contributed by atoms with E-state index in [-0.39, 0.29) is 5.91 Å². The lowest BCUT2D eigenvalue weighted by atomic mass is 10.3. The van der Waals surface area contributed by atoms with Crippen molar-refractivity contribution in [2.75, 3.05) is 33.2 Å². The Hall–Kier alpha value is -1.07. The van der Waals surface area contributed by atoms with Crippen LogP contribution in [0.15, 0.2) is 27.3 Å². The molecule has 4 nitrogen and oxygen atoms in total. The highest BCUT2D eigenvalue weighted by atomic mass is 79.9. The van der Waals surface area contributed by atoms with E-state index in [2.05, 4.69) is 27.9 Å². The molecule has 1 aliphatic heterocycles. The molecule has 2 heterocycles. The molecular formula is C12H15BrN2O2. The average molecular weight is 299 g/mol. The normalized spacial score (nSPS) is 17.9. The van der Waals surface area contributed by atoms with Crippen molar-refractivity contribution in [1.82, 2.24) is 9.80 Å². The molecule has 1 aromatic rings. The molecule has 0 aromatic carbocycles. The second kappa shape index (κ2) is 5.51. The van der Waals surface area contributed by atoms with Crippen molar-refractivity contribution in [1.29, 1.82) is 0 Å². The zero-order valence-electron chi connectivity index (χ0n) is 9.73. The Morgan fingerprint density at radius 1 is 1.35 bits per heavy atom. The highest BCUT2D eigenvalue weighted by molar-refractivity contribution is 9.10. The second-order valence-electron chi connectivity index (χ2n) is 4.10. The predicted molar refractivity (Wildman–Crippen MR) is 69.5 cm³/mol. The number of piperazine rings is 1. The quantitative estimate of drug-likeness (QED) is 0.782. The zero-order valence-corrected chi connectivity index (χ0v) is 11.3. The van der Waals surface area contributed by atoms with Crippen molar-refractivity contribution in [2.24, 2.45) is 0 Å². The third kappa shape index (κ3) is 3.44. The molecular weight excluding hydrogens is 284 g/mol. The van der Waals surface area contributed by atoms with Crippen LogP contribution in [-0.2, 0) is 4.79 Å². The molecule has 92 valence electrons. The van der Waals surface area contributed by atoms with Gasteiger partial charge < -0.3 is 14.2 Å². The lowest BCUT2D eigenvalue weighted by molar-refractivity contribution is -0.127. The minimum atomic E-state index is 0.0469. The van der Waals surface area contributed by atoms with Crippen LogP contribution in [0.4, 0.5) is 0 Å². The first-order valence-electron chi connectivity index (χ1n) is 5.56. The summed E-state index contributed by atoms with van der Waals surface area (Å²) in [5.74, 6) is 0.727. The second-order valence-corrected chi connectivity index (χ2v) is 4.89. The molecule has 1 aliphatic rings. The fourth-order valence-corrected chi connectivity index (χ4v) is 2.02. The first-order chi connectivity index (χ1) is 8.15. The molecule has 0 atom stereocenters. The maximum Gasteiger partial charge on any atom is 0.246 e. The molecule has 17 heavy (non-hydrogen) atoms. The smallest absolute Gasteiger partial charge is 0.246 e. The van der Waals surface area contributed by atoms with E-state index >= 15 is 0 Å². The Bertz CT molecular complexity index is 420. The molecule has 0 bridgehead atoms. The van der Waals surface area contributed by atoms with Gasteiger partial charge in [-0.15, -0.1) is 0 Å². The van der Waals surface area contributed by atoms with Gasteiger partial charge in [-0.25, -0.2) is 0 Å². The van der Waals surface area contributed by atoms with E-state index in [1.54, 1.807) is 18.2 Å². The van der Waals surface area contributed by atoms with Gasteiger partial charge in [-0.1, -0.05) is 0 Å². The summed E-state index contributed by atoms with van der Waals surface area (Å²) in [6.45, 7) is 3.46. The Morgan fingerprint density at radius 3 is 2.65 bits per heavy atom. The fraction of sp³-hybridized carbons (Fsp3) is 0.417. The van der Waals surface area contributed by atoms with Crippen molar-refractivity contribution in [3.05, 3.63) is 28.6 Å². The van der Waals surface area contributed by atoms with Crippen LogP contribution in [-0.4, -0.2) is 48.9 Å². The first kappa shape index (κ1) is 12.4. The summed E-state index contributed by atoms with van der Waals surface area (Å²) in [6.07, 6.45) is 3.27. The molecule has 1 aromatic heterocycles. The number of hydrogen-bond acceptors (Lipinski definition) is 3. The standard InChI is InChI=1S/C12H15BrN2O2/c1-14-6-8-15(9-7-14)12(16)5-3-10-2-4-11(13)17-10/h2-5H,6-9H2,1H3. The summed E-state index contributed by atoms with van der Waals surface area (Å²) >= 11 is 3.22. The summed E-state index contributed by atoms with van der Waals surface area (Å²) in [7, 11) is 2.07. The highest BCUT2D eigenvalue weighted by Gasteiger charge is 2.16. The van der Waals surface area contributed by atoms with Crippen molar-refractivity contribution < 1.29 is 9.21 Å². The van der Waals surface area contributed by atoms with Crippen molar-refractivity contribution in [3.63, 3.8) is 0 Å². The molecule has 1 saturated heterocycles. The third-order valence-corrected chi connectivity index (χ3v) is 3.23. The van der Waals surface area contributed by atoms with Crippen molar-refractivity contribution in [3.8, 4) is 0 Å². The molecule has 0 N–H and O–H groups in total. The van der Waals surface area contributed by atoms with Crippen LogP contribution in [0.1, 0.15) is 5.76 Å². The molecule has 0 unspecified atom stereocenters. The van der Waals surface area contributed by atoms with Crippen LogP contribution in [0.3, 0.4) is 0 Å². The molecule has 5 heteroatoms. The highest BCUT2D eigenvalue weighted by Crippen LogP contribution is 2.15. The molecule has 0 saturated carbocycles. The maximum absolute atomic E-state index is 11.9. The third-order valence-electron chi connectivity index (χ3n) is 2.80. The van der Waals surface area contributed by atoms with Crippen molar-refractivity contribution in [2.45, 2.75) is 0 Å². The maximum atomic E-state index is 11.9. The lowest BCUT2D eigenvalue weighted by Crippen LogP contribution is -2.46. The van der Waals surface area contributed by atoms with Crippen LogP contribution in [0.5, 0.6) is 0 Å². The number of carbonyl (C=O) groups excluding carboxylic acids is 1. The lowest BCUT2D eigenvalue weighted by Gasteiger charge is -2.31. The fourth-order valence-electron chi connectivity index (χ4n) is 1.70. The van der Waals surface area contributed by atoms with Gasteiger partial charge in [0, 0.05) is 32.3 Å². The Morgan fingerprint density at radius 2 is 2.06 bits per heavy atom. The van der Waals surface area contributed by atoms with Crippen LogP contribution in [0, 0.1) is 0 Å². The van der Waals surface area contributed by atoms with Gasteiger partial charge in [-0.3, -0.25) is 4.79 Å². The summed E-state index contributed by atoms with van der Waals surface area (Å²) in [4.78, 5) is 15.9. The minimum Gasteiger partial charge on any atom is -0.450 e. The molecule has 1 amide bonds. The van der Waals surface area contributed by atoms with Gasteiger partial charge in [-0.05, 0) is 41.2 Å². The van der Waals surface area contributed by atoms with E-state index in [4.69, 9.17) is 4.42 Å². The summed E-state index contributed by atoms with van der Waals surface area (Å²) < 4.78 is 5.96. The molecule has 0 spiro atoms. The van der Waals surface area contributed by atoms with E-state index in [1.807, 2.05) is 11.0 Å². The number of likely N-dealkylation sites (N-methyl/N-ethyl adjacent to an activating group) is 1. The number of furan rings is 1. The predicted octanol–water partition coefficient (Wildman–Crippen LogP) is 1.83. The Labute approximate surface area is 109 Å². The van der Waals surface area contributed by atoms with Gasteiger partial charge in [0.2, 0.25) is 5.91 Å². The zero-order chi connectivity index (χ0) is 12.3. The topological polar surface area (TPSA) is 36.7 Å². The van der Waals surface area contributed by atoms with Crippen LogP contribution in [0.2, 0.25) is 0 Å². The largest absolute Gasteiger partial charge is 0.450 e. The number of nitrogens with zero attached hydrogens (tertiary/aromatic N) is 2. The van der Waals surface area contributed by atoms with Crippen LogP contribution >= 0.6 is 15.9 Å². The minimum absolute atomic E-state index is 0.0469. The molecule has 1 fully saturated rings. The SMILES string of the molecule is CN1CCN(C(=O)C=Cc2ccc(Br)o2)CC1. The summed E-state index contributed by atoms with van der Waals surface area (Å²) in [5, 5.41) is 0. The summed E-state index contributed by atoms with van der Waals surface area (Å²) in [6, 6.07) is 3.62. The van der Waals surface area contributed by atoms with Gasteiger partial charge in [0.25, 0.3) is 0 Å². The first-order valence-corrected chi connectivity index (χ1v) is 6.35. The molecule has 0 radical (unpaired) electrons. The molecule has 2 rings (SSSR count). The molecule has 0 aliphatic carbocycles. The van der Waals surface area contributed by atoms with Crippen molar-refractivity contribution >= 4 is 27.9 Å². The van der Waals surface area contributed by atoms with Gasteiger partial charge in [-0.2, -0.15) is 0 Å². The number of halogens is 1. The summed E-state index contributed by atoms with van der Waals surface area (Å²) in [5.41, 5.74) is 0. The van der Waals surface area contributed by atoms with Gasteiger partial charge >= 0.3 is 0 Å². The number of amides is 1.